The molecular formula is C29H30F3N5O2. The van der Waals surface area contributed by atoms with Gasteiger partial charge in [0.05, 0.1) is 34.2 Å². The highest BCUT2D eigenvalue weighted by atomic mass is 19.4. The predicted molar refractivity (Wildman–Crippen MR) is 140 cm³/mol. The minimum atomic E-state index is -4.53. The van der Waals surface area contributed by atoms with E-state index in [4.69, 9.17) is 4.42 Å². The van der Waals surface area contributed by atoms with E-state index in [9.17, 15) is 23.2 Å². The second-order valence-corrected chi connectivity index (χ2v) is 10.5. The minimum Gasteiger partial charge on any atom is -0.469 e. The summed E-state index contributed by atoms with van der Waals surface area (Å²) in [5.41, 5.74) is 1.14. The van der Waals surface area contributed by atoms with Crippen molar-refractivity contribution in [3.8, 4) is 17.3 Å². The molecule has 2 fully saturated rings. The number of alkyl halides is 3. The summed E-state index contributed by atoms with van der Waals surface area (Å²) < 4.78 is 45.0. The molecule has 0 aliphatic carbocycles. The summed E-state index contributed by atoms with van der Waals surface area (Å²) >= 11 is 0. The van der Waals surface area contributed by atoms with Gasteiger partial charge in [-0.05, 0) is 75.7 Å². The van der Waals surface area contributed by atoms with Crippen molar-refractivity contribution >= 4 is 11.6 Å². The number of aromatic nitrogens is 1. The zero-order chi connectivity index (χ0) is 27.8. The normalized spacial score (nSPS) is 19.6. The van der Waals surface area contributed by atoms with Gasteiger partial charge in [0.1, 0.15) is 11.8 Å². The Hall–Kier alpha value is -3.84. The summed E-state index contributed by atoms with van der Waals surface area (Å²) in [5, 5.41) is 12.8. The first kappa shape index (κ1) is 26.8. The van der Waals surface area contributed by atoms with Gasteiger partial charge in [-0.3, -0.25) is 9.78 Å². The van der Waals surface area contributed by atoms with Crippen LogP contribution < -0.4 is 10.2 Å². The first-order valence-corrected chi connectivity index (χ1v) is 13.0. The van der Waals surface area contributed by atoms with E-state index in [0.29, 0.717) is 31.6 Å². The number of carbonyl (C=O) groups excluding carboxylic acids is 1. The number of nitriles is 1. The van der Waals surface area contributed by atoms with E-state index in [2.05, 4.69) is 15.2 Å². The third-order valence-corrected chi connectivity index (χ3v) is 8.01. The Morgan fingerprint density at radius 2 is 1.95 bits per heavy atom. The van der Waals surface area contributed by atoms with Gasteiger partial charge in [-0.2, -0.15) is 18.4 Å². The number of halogens is 3. The number of nitrogens with zero attached hydrogens (tertiary/aromatic N) is 4. The van der Waals surface area contributed by atoms with Crippen LogP contribution in [0.3, 0.4) is 0 Å². The number of nitrogens with one attached hydrogen (secondary N) is 1. The van der Waals surface area contributed by atoms with Crippen molar-refractivity contribution in [2.24, 2.45) is 0 Å². The van der Waals surface area contributed by atoms with Crippen molar-refractivity contribution in [1.82, 2.24) is 15.2 Å². The molecule has 2 aliphatic heterocycles. The molecule has 1 atom stereocenters. The Morgan fingerprint density at radius 3 is 2.51 bits per heavy atom. The number of likely N-dealkylation sites (N-methyl/N-ethyl adjacent to an activating group) is 1. The van der Waals surface area contributed by atoms with E-state index in [1.807, 2.05) is 43.1 Å². The molecule has 0 spiro atoms. The Labute approximate surface area is 225 Å². The number of piperidine rings is 1. The molecule has 2 aliphatic rings. The highest BCUT2D eigenvalue weighted by Crippen LogP contribution is 2.40. The maximum absolute atomic E-state index is 13.9. The number of rotatable bonds is 5. The summed E-state index contributed by atoms with van der Waals surface area (Å²) in [7, 11) is 2.03. The smallest absolute Gasteiger partial charge is 0.416 e. The van der Waals surface area contributed by atoms with Crippen molar-refractivity contribution in [3.63, 3.8) is 0 Å². The summed E-state index contributed by atoms with van der Waals surface area (Å²) in [6.07, 6.45) is 0.565. The molecule has 7 nitrogen and oxygen atoms in total. The first-order valence-electron chi connectivity index (χ1n) is 13.0. The van der Waals surface area contributed by atoms with Gasteiger partial charge in [0.2, 0.25) is 5.91 Å². The van der Waals surface area contributed by atoms with Crippen molar-refractivity contribution in [2.75, 3.05) is 38.1 Å². The van der Waals surface area contributed by atoms with Crippen molar-refractivity contribution in [3.05, 3.63) is 71.3 Å². The zero-order valence-corrected chi connectivity index (χ0v) is 21.9. The average Bonchev–Trinajstić information content (AvgIpc) is 3.55. The molecule has 10 heteroatoms. The first-order chi connectivity index (χ1) is 18.6. The molecule has 2 saturated heterocycles. The van der Waals surface area contributed by atoms with Crippen LogP contribution in [-0.4, -0.2) is 55.1 Å². The van der Waals surface area contributed by atoms with Crippen LogP contribution in [0, 0.1) is 18.3 Å². The summed E-state index contributed by atoms with van der Waals surface area (Å²) in [4.78, 5) is 22.6. The summed E-state index contributed by atoms with van der Waals surface area (Å²) in [5.74, 6) is 0.690. The maximum Gasteiger partial charge on any atom is 0.416 e. The topological polar surface area (TPSA) is 85.4 Å². The van der Waals surface area contributed by atoms with Gasteiger partial charge < -0.3 is 19.5 Å². The third-order valence-electron chi connectivity index (χ3n) is 8.01. The molecule has 4 heterocycles. The van der Waals surface area contributed by atoms with Gasteiger partial charge in [0.15, 0.2) is 0 Å². The quantitative estimate of drug-likeness (QED) is 0.499. The molecule has 0 bridgehead atoms. The fourth-order valence-corrected chi connectivity index (χ4v) is 5.72. The largest absolute Gasteiger partial charge is 0.469 e. The minimum absolute atomic E-state index is 0.0303. The lowest BCUT2D eigenvalue weighted by atomic mass is 9.72. The van der Waals surface area contributed by atoms with Crippen LogP contribution in [0.4, 0.5) is 18.9 Å². The lowest BCUT2D eigenvalue weighted by molar-refractivity contribution is -0.137. The van der Waals surface area contributed by atoms with Gasteiger partial charge in [0, 0.05) is 37.4 Å². The van der Waals surface area contributed by atoms with Crippen LogP contribution in [0.25, 0.3) is 11.3 Å². The fourth-order valence-electron chi connectivity index (χ4n) is 5.72. The van der Waals surface area contributed by atoms with E-state index in [1.165, 1.54) is 6.07 Å². The monoisotopic (exact) mass is 537 g/mol. The van der Waals surface area contributed by atoms with Gasteiger partial charge in [-0.1, -0.05) is 6.07 Å². The van der Waals surface area contributed by atoms with Crippen molar-refractivity contribution < 1.29 is 22.4 Å². The Balaban J connectivity index is 1.43. The summed E-state index contributed by atoms with van der Waals surface area (Å²) in [6.45, 7) is 4.37. The van der Waals surface area contributed by atoms with E-state index in [1.54, 1.807) is 12.5 Å². The standard InChI is InChI=1S/C29H30F3N5O2/c1-19-24(8-14-39-19)25-5-3-22(17-34-25)28(27(38)35-23-7-11-36(2)18-23)9-12-37(13-10-28)26-6-4-21(29(30,31)32)15-20(26)16-33/h3-6,8,14-15,17,23H,7,9-13,18H2,1-2H3,(H,35,38)/t23-/m1/s1. The second-order valence-electron chi connectivity index (χ2n) is 10.5. The number of aryl methyl sites for hydroxylation is 1. The van der Waals surface area contributed by atoms with Crippen LogP contribution in [0.1, 0.15) is 41.7 Å². The number of likely N-dealkylation sites (tertiary alicyclic amines) is 1. The number of pyridine rings is 1. The zero-order valence-electron chi connectivity index (χ0n) is 21.9. The van der Waals surface area contributed by atoms with Gasteiger partial charge in [0.25, 0.3) is 0 Å². The van der Waals surface area contributed by atoms with Crippen LogP contribution in [0.2, 0.25) is 0 Å². The third kappa shape index (κ3) is 5.23. The molecule has 0 saturated carbocycles. The Bertz CT molecular complexity index is 1390. The molecule has 5 rings (SSSR count). The number of carbonyl (C=O) groups is 1. The van der Waals surface area contributed by atoms with Crippen molar-refractivity contribution in [1.29, 1.82) is 5.26 Å². The number of anilines is 1. The SMILES string of the molecule is Cc1occc1-c1ccc(C2(C(=O)N[C@@H]3CCN(C)C3)CCN(c3ccc(C(F)(F)F)cc3C#N)CC2)cn1. The maximum atomic E-state index is 13.9. The van der Waals surface area contributed by atoms with Crippen LogP contribution in [0.5, 0.6) is 0 Å². The molecule has 0 unspecified atom stereocenters. The molecule has 1 amide bonds. The second kappa shape index (κ2) is 10.4. The number of hydrogen-bond acceptors (Lipinski definition) is 6. The van der Waals surface area contributed by atoms with E-state index >= 15 is 0 Å². The summed E-state index contributed by atoms with van der Waals surface area (Å²) in [6, 6.07) is 10.9. The molecule has 2 aromatic heterocycles. The molecule has 204 valence electrons. The van der Waals surface area contributed by atoms with E-state index in [-0.39, 0.29) is 17.5 Å². The average molecular weight is 538 g/mol. The van der Waals surface area contributed by atoms with Crippen LogP contribution >= 0.6 is 0 Å². The lowest BCUT2D eigenvalue weighted by Gasteiger charge is -2.42. The van der Waals surface area contributed by atoms with E-state index in [0.717, 1.165) is 54.2 Å². The highest BCUT2D eigenvalue weighted by molar-refractivity contribution is 5.89. The molecule has 0 radical (unpaired) electrons. The van der Waals surface area contributed by atoms with Crippen molar-refractivity contribution in [2.45, 2.75) is 43.8 Å². The Morgan fingerprint density at radius 1 is 1.18 bits per heavy atom. The fraction of sp³-hybridized carbons (Fsp3) is 0.414. The molecule has 3 aromatic rings. The number of hydrogen-bond donors (Lipinski definition) is 1. The van der Waals surface area contributed by atoms with Crippen LogP contribution in [-0.2, 0) is 16.4 Å². The molecular weight excluding hydrogens is 507 g/mol. The van der Waals surface area contributed by atoms with Gasteiger partial charge in [-0.25, -0.2) is 0 Å². The number of furan rings is 1. The molecule has 1 aromatic carbocycles. The Kier molecular flexibility index (Phi) is 7.12. The van der Waals surface area contributed by atoms with E-state index < -0.39 is 17.2 Å². The predicted octanol–water partition coefficient (Wildman–Crippen LogP) is 4.90. The van der Waals surface area contributed by atoms with Gasteiger partial charge in [-0.15, -0.1) is 0 Å². The number of amides is 1. The molecule has 1 N–H and O–H groups in total. The highest BCUT2D eigenvalue weighted by Gasteiger charge is 2.44. The number of benzene rings is 1. The molecule has 39 heavy (non-hydrogen) atoms. The van der Waals surface area contributed by atoms with Crippen LogP contribution in [0.15, 0.2) is 53.3 Å². The lowest BCUT2D eigenvalue weighted by Crippen LogP contribution is -2.54. The van der Waals surface area contributed by atoms with Gasteiger partial charge >= 0.3 is 6.18 Å².